The van der Waals surface area contributed by atoms with Gasteiger partial charge in [0.1, 0.15) is 5.82 Å². The van der Waals surface area contributed by atoms with Crippen LogP contribution in [0.3, 0.4) is 0 Å². The van der Waals surface area contributed by atoms with Crippen LogP contribution in [0.1, 0.15) is 45.7 Å². The van der Waals surface area contributed by atoms with Crippen LogP contribution >= 0.6 is 11.6 Å². The number of fused-ring (bicyclic) bond motifs is 2. The minimum Gasteiger partial charge on any atom is -0.255 e. The summed E-state index contributed by atoms with van der Waals surface area (Å²) in [6, 6.07) is 15.4. The fourth-order valence-corrected chi connectivity index (χ4v) is 4.83. The summed E-state index contributed by atoms with van der Waals surface area (Å²) in [5, 5.41) is 2.40. The van der Waals surface area contributed by atoms with Crippen molar-refractivity contribution in [2.45, 2.75) is 52.0 Å². The third-order valence-corrected chi connectivity index (χ3v) is 6.06. The standard InChI is InChI=1S/C26H27ClFN2/c1-25(2,3)18-13-14-30(22-12-8-10-20(28)23(18)22)16-26(4,5)24-17-9-6-7-11-21(17)29-15-19(24)27/h6-15H,16H2,1-5H3/q+1. The molecular formula is C26H27ClFN2+. The molecule has 4 rings (SSSR count). The average molecular weight is 422 g/mol. The zero-order chi connectivity index (χ0) is 21.7. The molecule has 0 aliphatic heterocycles. The summed E-state index contributed by atoms with van der Waals surface area (Å²) in [5.41, 5.74) is 3.44. The van der Waals surface area contributed by atoms with Crippen LogP contribution in [0.4, 0.5) is 4.39 Å². The molecule has 0 unspecified atom stereocenters. The van der Waals surface area contributed by atoms with Crippen molar-refractivity contribution >= 4 is 33.4 Å². The molecule has 154 valence electrons. The fraction of sp³-hybridized carbons (Fsp3) is 0.308. The normalized spacial score (nSPS) is 12.6. The van der Waals surface area contributed by atoms with Crippen LogP contribution in [0.5, 0.6) is 0 Å². The Morgan fingerprint density at radius 2 is 1.70 bits per heavy atom. The van der Waals surface area contributed by atoms with Crippen molar-refractivity contribution in [1.29, 1.82) is 0 Å². The zero-order valence-electron chi connectivity index (χ0n) is 18.1. The summed E-state index contributed by atoms with van der Waals surface area (Å²) in [7, 11) is 0. The average Bonchev–Trinajstić information content (AvgIpc) is 2.67. The number of nitrogens with zero attached hydrogens (tertiary/aromatic N) is 2. The van der Waals surface area contributed by atoms with E-state index in [-0.39, 0.29) is 16.6 Å². The topological polar surface area (TPSA) is 16.8 Å². The quantitative estimate of drug-likeness (QED) is 0.334. The van der Waals surface area contributed by atoms with Gasteiger partial charge in [0.25, 0.3) is 0 Å². The van der Waals surface area contributed by atoms with E-state index in [1.807, 2.05) is 30.3 Å². The van der Waals surface area contributed by atoms with Gasteiger partial charge in [-0.25, -0.2) is 4.39 Å². The summed E-state index contributed by atoms with van der Waals surface area (Å²) in [5.74, 6) is -0.183. The third-order valence-electron chi connectivity index (χ3n) is 5.77. The number of aromatic nitrogens is 2. The van der Waals surface area contributed by atoms with Gasteiger partial charge in [0.05, 0.1) is 21.3 Å². The zero-order valence-corrected chi connectivity index (χ0v) is 18.9. The maximum absolute atomic E-state index is 14.9. The Hall–Kier alpha value is -2.52. The van der Waals surface area contributed by atoms with Gasteiger partial charge in [0.2, 0.25) is 5.52 Å². The molecule has 0 amide bonds. The summed E-state index contributed by atoms with van der Waals surface area (Å²) in [6.45, 7) is 11.4. The highest BCUT2D eigenvalue weighted by Crippen LogP contribution is 2.36. The summed E-state index contributed by atoms with van der Waals surface area (Å²) in [4.78, 5) is 4.47. The predicted molar refractivity (Wildman–Crippen MR) is 123 cm³/mol. The SMILES string of the molecule is CC(C)(C)c1cc[n+](CC(C)(C)c2c(Cl)cnc3ccccc23)c2cccc(F)c12. The molecule has 2 aromatic carbocycles. The Morgan fingerprint density at radius 3 is 2.43 bits per heavy atom. The Morgan fingerprint density at radius 1 is 0.967 bits per heavy atom. The van der Waals surface area contributed by atoms with E-state index in [4.69, 9.17) is 11.6 Å². The van der Waals surface area contributed by atoms with Crippen LogP contribution in [-0.4, -0.2) is 4.98 Å². The first-order valence-corrected chi connectivity index (χ1v) is 10.6. The lowest BCUT2D eigenvalue weighted by Gasteiger charge is -2.26. The van der Waals surface area contributed by atoms with E-state index in [1.54, 1.807) is 18.3 Å². The first-order valence-electron chi connectivity index (χ1n) is 10.2. The number of para-hydroxylation sites is 1. The number of pyridine rings is 2. The van der Waals surface area contributed by atoms with Gasteiger partial charge in [-0.2, -0.15) is 4.57 Å². The first kappa shape index (κ1) is 20.7. The molecule has 0 spiro atoms. The number of hydrogen-bond acceptors (Lipinski definition) is 1. The van der Waals surface area contributed by atoms with E-state index in [1.165, 1.54) is 0 Å². The van der Waals surface area contributed by atoms with Gasteiger partial charge in [-0.05, 0) is 42.5 Å². The summed E-state index contributed by atoms with van der Waals surface area (Å²) < 4.78 is 17.1. The van der Waals surface area contributed by atoms with Gasteiger partial charge in [-0.15, -0.1) is 0 Å². The van der Waals surface area contributed by atoms with Gasteiger partial charge in [0, 0.05) is 23.7 Å². The Labute approximate surface area is 182 Å². The van der Waals surface area contributed by atoms with Crippen LogP contribution in [-0.2, 0) is 17.4 Å². The van der Waals surface area contributed by atoms with E-state index < -0.39 is 0 Å². The molecule has 0 atom stereocenters. The number of rotatable bonds is 3. The maximum atomic E-state index is 14.9. The Balaban J connectivity index is 1.90. The second-order valence-electron chi connectivity index (χ2n) is 9.62. The highest BCUT2D eigenvalue weighted by atomic mass is 35.5. The maximum Gasteiger partial charge on any atom is 0.215 e. The lowest BCUT2D eigenvalue weighted by atomic mass is 9.81. The molecular weight excluding hydrogens is 395 g/mol. The highest BCUT2D eigenvalue weighted by molar-refractivity contribution is 6.32. The summed E-state index contributed by atoms with van der Waals surface area (Å²) >= 11 is 6.65. The van der Waals surface area contributed by atoms with Crippen LogP contribution in [0.15, 0.2) is 60.9 Å². The molecule has 4 heteroatoms. The number of benzene rings is 2. The molecule has 2 heterocycles. The van der Waals surface area contributed by atoms with E-state index in [0.717, 1.165) is 27.5 Å². The van der Waals surface area contributed by atoms with E-state index in [2.05, 4.69) is 56.4 Å². The van der Waals surface area contributed by atoms with Gasteiger partial charge in [-0.1, -0.05) is 56.6 Å². The van der Waals surface area contributed by atoms with Crippen LogP contribution in [0, 0.1) is 5.82 Å². The number of hydrogen-bond donors (Lipinski definition) is 0. The molecule has 2 nitrogen and oxygen atoms in total. The minimum atomic E-state index is -0.299. The monoisotopic (exact) mass is 421 g/mol. The molecule has 0 N–H and O–H groups in total. The Kier molecular flexibility index (Phi) is 5.06. The van der Waals surface area contributed by atoms with Crippen molar-refractivity contribution in [2.24, 2.45) is 0 Å². The molecule has 4 aromatic rings. The molecule has 0 radical (unpaired) electrons. The molecule has 0 aliphatic rings. The molecule has 0 saturated heterocycles. The Bertz CT molecular complexity index is 1260. The van der Waals surface area contributed by atoms with Crippen molar-refractivity contribution in [3.63, 3.8) is 0 Å². The highest BCUT2D eigenvalue weighted by Gasteiger charge is 2.32. The largest absolute Gasteiger partial charge is 0.255 e. The number of halogens is 2. The van der Waals surface area contributed by atoms with Gasteiger partial charge >= 0.3 is 0 Å². The molecule has 0 aliphatic carbocycles. The first-order chi connectivity index (χ1) is 14.1. The van der Waals surface area contributed by atoms with Crippen LogP contribution in [0.25, 0.3) is 21.8 Å². The van der Waals surface area contributed by atoms with Crippen molar-refractivity contribution in [3.8, 4) is 0 Å². The predicted octanol–water partition coefficient (Wildman–Crippen LogP) is 6.74. The van der Waals surface area contributed by atoms with Gasteiger partial charge in [-0.3, -0.25) is 4.98 Å². The van der Waals surface area contributed by atoms with Crippen molar-refractivity contribution in [3.05, 3.63) is 82.9 Å². The lowest BCUT2D eigenvalue weighted by Crippen LogP contribution is -2.44. The minimum absolute atomic E-state index is 0.153. The van der Waals surface area contributed by atoms with Crippen molar-refractivity contribution < 1.29 is 8.96 Å². The van der Waals surface area contributed by atoms with Crippen LogP contribution < -0.4 is 4.57 Å². The molecule has 0 fully saturated rings. The molecule has 30 heavy (non-hydrogen) atoms. The lowest BCUT2D eigenvalue weighted by molar-refractivity contribution is -0.679. The fourth-order valence-electron chi connectivity index (χ4n) is 4.42. The third kappa shape index (κ3) is 3.56. The van der Waals surface area contributed by atoms with E-state index in [0.29, 0.717) is 17.0 Å². The summed E-state index contributed by atoms with van der Waals surface area (Å²) in [6.07, 6.45) is 3.80. The second kappa shape index (κ2) is 7.31. The van der Waals surface area contributed by atoms with Gasteiger partial charge < -0.3 is 0 Å². The smallest absolute Gasteiger partial charge is 0.215 e. The molecule has 0 saturated carbocycles. The van der Waals surface area contributed by atoms with Crippen molar-refractivity contribution in [1.82, 2.24) is 4.98 Å². The van der Waals surface area contributed by atoms with Crippen molar-refractivity contribution in [2.75, 3.05) is 0 Å². The second-order valence-corrected chi connectivity index (χ2v) is 10.0. The van der Waals surface area contributed by atoms with E-state index in [9.17, 15) is 4.39 Å². The van der Waals surface area contributed by atoms with Crippen LogP contribution in [0.2, 0.25) is 5.02 Å². The van der Waals surface area contributed by atoms with E-state index >= 15 is 0 Å². The van der Waals surface area contributed by atoms with Gasteiger partial charge in [0.15, 0.2) is 12.7 Å². The molecule has 2 aromatic heterocycles. The molecule has 0 bridgehead atoms.